The number of rotatable bonds is 5. The van der Waals surface area contributed by atoms with E-state index < -0.39 is 5.97 Å². The van der Waals surface area contributed by atoms with E-state index >= 15 is 0 Å². The highest BCUT2D eigenvalue weighted by molar-refractivity contribution is 6.33. The summed E-state index contributed by atoms with van der Waals surface area (Å²) in [6, 6.07) is 18.0. The topological polar surface area (TPSA) is 86.3 Å². The summed E-state index contributed by atoms with van der Waals surface area (Å²) in [4.78, 5) is 33.0. The van der Waals surface area contributed by atoms with Gasteiger partial charge < -0.3 is 15.0 Å². The van der Waals surface area contributed by atoms with Gasteiger partial charge in [-0.15, -0.1) is 0 Å². The number of nitrogens with zero attached hydrogens (tertiary/aromatic N) is 2. The minimum Gasteiger partial charge on any atom is -0.478 e. The minimum atomic E-state index is -1.07. The highest BCUT2D eigenvalue weighted by Gasteiger charge is 2.17. The Kier molecular flexibility index (Phi) is 5.25. The second-order valence-corrected chi connectivity index (χ2v) is 7.35. The van der Waals surface area contributed by atoms with E-state index in [9.17, 15) is 14.7 Å². The molecule has 0 fully saturated rings. The number of aromatic nitrogens is 2. The van der Waals surface area contributed by atoms with E-state index in [-0.39, 0.29) is 16.5 Å². The molecule has 0 aliphatic carbocycles. The second-order valence-electron chi connectivity index (χ2n) is 6.94. The Morgan fingerprint density at radius 2 is 1.90 bits per heavy atom. The van der Waals surface area contributed by atoms with Crippen molar-refractivity contribution < 1.29 is 14.7 Å². The van der Waals surface area contributed by atoms with Crippen LogP contribution in [0.1, 0.15) is 26.4 Å². The molecule has 4 rings (SSSR count). The molecule has 2 heterocycles. The summed E-state index contributed by atoms with van der Waals surface area (Å²) in [7, 11) is 1.73. The average Bonchev–Trinajstić information content (AvgIpc) is 3.17. The van der Waals surface area contributed by atoms with Crippen LogP contribution in [0.25, 0.3) is 22.2 Å². The van der Waals surface area contributed by atoms with E-state index in [4.69, 9.17) is 11.6 Å². The van der Waals surface area contributed by atoms with E-state index in [1.54, 1.807) is 36.3 Å². The van der Waals surface area contributed by atoms with Gasteiger partial charge in [-0.1, -0.05) is 41.9 Å². The number of benzene rings is 2. The number of halogens is 1. The van der Waals surface area contributed by atoms with Gasteiger partial charge in [-0.2, -0.15) is 0 Å². The van der Waals surface area contributed by atoms with E-state index in [1.165, 1.54) is 6.07 Å². The summed E-state index contributed by atoms with van der Waals surface area (Å²) in [6.45, 7) is 0.371. The second kappa shape index (κ2) is 8.00. The summed E-state index contributed by atoms with van der Waals surface area (Å²) in [5.74, 6) is -1.22. The summed E-state index contributed by atoms with van der Waals surface area (Å²) in [5, 5.41) is 10.2. The molecule has 0 unspecified atom stereocenters. The maximum absolute atomic E-state index is 12.9. The highest BCUT2D eigenvalue weighted by Crippen LogP contribution is 2.29. The maximum Gasteiger partial charge on any atom is 0.337 e. The summed E-state index contributed by atoms with van der Waals surface area (Å²) < 4.78 is 0. The van der Waals surface area contributed by atoms with E-state index in [2.05, 4.69) is 9.97 Å². The van der Waals surface area contributed by atoms with Crippen LogP contribution in [0.5, 0.6) is 0 Å². The van der Waals surface area contributed by atoms with E-state index in [0.29, 0.717) is 17.9 Å². The zero-order valence-corrected chi connectivity index (χ0v) is 16.8. The Bertz CT molecular complexity index is 1230. The first kappa shape index (κ1) is 19.7. The van der Waals surface area contributed by atoms with E-state index in [1.807, 2.05) is 36.4 Å². The van der Waals surface area contributed by atoms with Crippen molar-refractivity contribution in [1.29, 1.82) is 0 Å². The monoisotopic (exact) mass is 419 g/mol. The Hall–Kier alpha value is -3.64. The molecule has 150 valence electrons. The van der Waals surface area contributed by atoms with Gasteiger partial charge in [0.15, 0.2) is 0 Å². The SMILES string of the molecule is CN(Cc1ccccc1-c1ccc(C(=O)O)c(Cl)c1)C(=O)c1cc2cccnc2[nH]1. The smallest absolute Gasteiger partial charge is 0.337 e. The molecule has 2 N–H and O–H groups in total. The number of fused-ring (bicyclic) bond motifs is 1. The fourth-order valence-corrected chi connectivity index (χ4v) is 3.66. The van der Waals surface area contributed by atoms with Gasteiger partial charge in [0.25, 0.3) is 5.91 Å². The van der Waals surface area contributed by atoms with Crippen LogP contribution in [0.3, 0.4) is 0 Å². The first-order valence-corrected chi connectivity index (χ1v) is 9.62. The molecular formula is C23H18ClN3O3. The lowest BCUT2D eigenvalue weighted by Crippen LogP contribution is -2.26. The van der Waals surface area contributed by atoms with Gasteiger partial charge in [0.1, 0.15) is 11.3 Å². The predicted octanol–water partition coefficient (Wildman–Crippen LogP) is 4.85. The molecule has 0 saturated heterocycles. The fraction of sp³-hybridized carbons (Fsp3) is 0.0870. The third-order valence-corrected chi connectivity index (χ3v) is 5.22. The van der Waals surface area contributed by atoms with Crippen molar-refractivity contribution in [2.24, 2.45) is 0 Å². The largest absolute Gasteiger partial charge is 0.478 e. The molecule has 0 radical (unpaired) electrons. The normalized spacial score (nSPS) is 10.9. The zero-order chi connectivity index (χ0) is 21.3. The van der Waals surface area contributed by atoms with Crippen molar-refractivity contribution in [2.75, 3.05) is 7.05 Å². The third kappa shape index (κ3) is 3.77. The first-order valence-electron chi connectivity index (χ1n) is 9.24. The Balaban J connectivity index is 1.61. The Labute approximate surface area is 177 Å². The van der Waals surface area contributed by atoms with Crippen molar-refractivity contribution in [1.82, 2.24) is 14.9 Å². The van der Waals surface area contributed by atoms with Gasteiger partial charge >= 0.3 is 5.97 Å². The van der Waals surface area contributed by atoms with Crippen LogP contribution in [0.4, 0.5) is 0 Å². The number of carboxylic acid groups (broad SMARTS) is 1. The number of nitrogens with one attached hydrogen (secondary N) is 1. The number of hydrogen-bond acceptors (Lipinski definition) is 3. The van der Waals surface area contributed by atoms with Crippen LogP contribution in [-0.2, 0) is 6.54 Å². The molecule has 2 aromatic heterocycles. The van der Waals surface area contributed by atoms with Crippen molar-refractivity contribution in [3.05, 3.63) is 88.7 Å². The van der Waals surface area contributed by atoms with Crippen molar-refractivity contribution >= 4 is 34.5 Å². The molecule has 0 aliphatic heterocycles. The van der Waals surface area contributed by atoms with Crippen LogP contribution in [0, 0.1) is 0 Å². The quantitative estimate of drug-likeness (QED) is 0.484. The summed E-state index contributed by atoms with van der Waals surface area (Å²) in [5.41, 5.74) is 3.78. The zero-order valence-electron chi connectivity index (χ0n) is 16.1. The number of carboxylic acids is 1. The standard InChI is InChI=1S/C23H18ClN3O3/c1-27(22(28)20-12-15-6-4-10-25-21(15)26-20)13-16-5-2-3-7-17(16)14-8-9-18(23(29)30)19(24)11-14/h2-12H,13H2,1H3,(H,25,26)(H,29,30). The Morgan fingerprint density at radius 1 is 1.10 bits per heavy atom. The van der Waals surface area contributed by atoms with Gasteiger partial charge in [-0.25, -0.2) is 9.78 Å². The molecule has 0 atom stereocenters. The van der Waals surface area contributed by atoms with Crippen LogP contribution in [-0.4, -0.2) is 38.9 Å². The highest BCUT2D eigenvalue weighted by atomic mass is 35.5. The molecule has 0 bridgehead atoms. The number of carbonyl (C=O) groups excluding carboxylic acids is 1. The summed E-state index contributed by atoms with van der Waals surface area (Å²) >= 11 is 6.15. The molecule has 0 aliphatic rings. The number of aromatic carboxylic acids is 1. The number of aromatic amines is 1. The molecule has 0 saturated carbocycles. The fourth-order valence-electron chi connectivity index (χ4n) is 3.40. The Morgan fingerprint density at radius 3 is 2.63 bits per heavy atom. The van der Waals surface area contributed by atoms with Crippen LogP contribution < -0.4 is 0 Å². The molecule has 1 amide bonds. The third-order valence-electron chi connectivity index (χ3n) is 4.90. The van der Waals surface area contributed by atoms with Crippen LogP contribution >= 0.6 is 11.6 Å². The number of hydrogen-bond donors (Lipinski definition) is 2. The lowest BCUT2D eigenvalue weighted by Gasteiger charge is -2.19. The lowest BCUT2D eigenvalue weighted by atomic mass is 9.98. The number of carbonyl (C=O) groups is 2. The lowest BCUT2D eigenvalue weighted by molar-refractivity contribution is 0.0696. The minimum absolute atomic E-state index is 0.0533. The maximum atomic E-state index is 12.9. The molecule has 6 nitrogen and oxygen atoms in total. The van der Waals surface area contributed by atoms with Gasteiger partial charge in [0, 0.05) is 25.2 Å². The molecule has 2 aromatic carbocycles. The van der Waals surface area contributed by atoms with Gasteiger partial charge in [0.2, 0.25) is 0 Å². The average molecular weight is 420 g/mol. The molecule has 0 spiro atoms. The van der Waals surface area contributed by atoms with E-state index in [0.717, 1.165) is 22.1 Å². The molecule has 30 heavy (non-hydrogen) atoms. The van der Waals surface area contributed by atoms with Crippen molar-refractivity contribution in [2.45, 2.75) is 6.54 Å². The predicted molar refractivity (Wildman–Crippen MR) is 116 cm³/mol. The number of amides is 1. The molecule has 7 heteroatoms. The number of H-pyrrole nitrogens is 1. The van der Waals surface area contributed by atoms with Gasteiger partial charge in [-0.05, 0) is 47.0 Å². The van der Waals surface area contributed by atoms with Crippen LogP contribution in [0.2, 0.25) is 5.02 Å². The van der Waals surface area contributed by atoms with Crippen molar-refractivity contribution in [3.8, 4) is 11.1 Å². The number of pyridine rings is 1. The van der Waals surface area contributed by atoms with Crippen LogP contribution in [0.15, 0.2) is 66.9 Å². The summed E-state index contributed by atoms with van der Waals surface area (Å²) in [6.07, 6.45) is 1.67. The van der Waals surface area contributed by atoms with Gasteiger partial charge in [-0.3, -0.25) is 4.79 Å². The molecule has 4 aromatic rings. The molecular weight excluding hydrogens is 402 g/mol. The first-order chi connectivity index (χ1) is 14.4. The van der Waals surface area contributed by atoms with Gasteiger partial charge in [0.05, 0.1) is 10.6 Å². The van der Waals surface area contributed by atoms with Crippen molar-refractivity contribution in [3.63, 3.8) is 0 Å².